The molecule has 9 nitrogen and oxygen atoms in total. The molecule has 150 valence electrons. The van der Waals surface area contributed by atoms with Crippen LogP contribution in [-0.2, 0) is 13.2 Å². The molecular weight excluding hydrogens is 395 g/mol. The highest BCUT2D eigenvalue weighted by Crippen LogP contribution is 2.26. The van der Waals surface area contributed by atoms with Crippen molar-refractivity contribution in [2.75, 3.05) is 0 Å². The first kappa shape index (κ1) is 19.8. The van der Waals surface area contributed by atoms with Gasteiger partial charge in [-0.3, -0.25) is 30.0 Å². The van der Waals surface area contributed by atoms with Gasteiger partial charge in [0.05, 0.1) is 5.39 Å². The Labute approximate surface area is 159 Å². The van der Waals surface area contributed by atoms with Gasteiger partial charge in [-0.2, -0.15) is 18.3 Å². The van der Waals surface area contributed by atoms with E-state index in [0.717, 1.165) is 4.68 Å². The van der Waals surface area contributed by atoms with Gasteiger partial charge in [-0.15, -0.1) is 0 Å². The fourth-order valence-corrected chi connectivity index (χ4v) is 2.53. The van der Waals surface area contributed by atoms with Crippen LogP contribution in [0, 0.1) is 0 Å². The van der Waals surface area contributed by atoms with Crippen LogP contribution in [0.5, 0.6) is 0 Å². The van der Waals surface area contributed by atoms with E-state index in [1.165, 1.54) is 19.2 Å². The van der Waals surface area contributed by atoms with E-state index in [4.69, 9.17) is 0 Å². The maximum Gasteiger partial charge on any atom is 0.431 e. The van der Waals surface area contributed by atoms with Crippen LogP contribution in [-0.4, -0.2) is 26.6 Å². The van der Waals surface area contributed by atoms with Gasteiger partial charge in [0.25, 0.3) is 22.9 Å². The fourth-order valence-electron chi connectivity index (χ4n) is 2.53. The van der Waals surface area contributed by atoms with Gasteiger partial charge in [-0.25, -0.2) is 4.68 Å². The van der Waals surface area contributed by atoms with E-state index in [1.807, 2.05) is 10.9 Å². The number of alkyl halides is 3. The summed E-state index contributed by atoms with van der Waals surface area (Å²) in [6.45, 7) is 0. The van der Waals surface area contributed by atoms with Gasteiger partial charge in [0, 0.05) is 12.4 Å². The van der Waals surface area contributed by atoms with Gasteiger partial charge in [-0.1, -0.05) is 18.2 Å². The third kappa shape index (κ3) is 3.85. The summed E-state index contributed by atoms with van der Waals surface area (Å²) in [6, 6.07) is 7.38. The highest BCUT2D eigenvalue weighted by Gasteiger charge is 2.32. The standard InChI is InChI=1S/C17H12F3N5O4/c1-25-16(29)9-5-3-2-4-8(9)12(24-25)15(28)23-22-14(27)10-6-7-11(17(18,19)20)21-13(10)26/h2-7H,1H3,(H,21,26)(H,22,27)(H,23,28). The number of fused-ring (bicyclic) bond motifs is 1. The first-order valence-electron chi connectivity index (χ1n) is 7.97. The molecule has 0 aliphatic carbocycles. The summed E-state index contributed by atoms with van der Waals surface area (Å²) in [6.07, 6.45) is -4.78. The zero-order chi connectivity index (χ0) is 21.3. The van der Waals surface area contributed by atoms with Crippen molar-refractivity contribution in [1.82, 2.24) is 25.6 Å². The van der Waals surface area contributed by atoms with Gasteiger partial charge in [-0.05, 0) is 18.2 Å². The van der Waals surface area contributed by atoms with Crippen LogP contribution in [0.1, 0.15) is 26.5 Å². The zero-order valence-electron chi connectivity index (χ0n) is 14.6. The van der Waals surface area contributed by atoms with Crippen molar-refractivity contribution < 1.29 is 22.8 Å². The summed E-state index contributed by atoms with van der Waals surface area (Å²) in [5.41, 5.74) is 0.0971. The van der Waals surface area contributed by atoms with E-state index in [1.54, 1.807) is 17.1 Å². The quantitative estimate of drug-likeness (QED) is 0.540. The molecule has 0 saturated carbocycles. The van der Waals surface area contributed by atoms with E-state index in [9.17, 15) is 32.3 Å². The second kappa shape index (κ2) is 7.22. The van der Waals surface area contributed by atoms with Crippen molar-refractivity contribution in [3.63, 3.8) is 0 Å². The molecule has 2 aromatic heterocycles. The molecule has 3 N–H and O–H groups in total. The van der Waals surface area contributed by atoms with E-state index >= 15 is 0 Å². The number of nitrogens with one attached hydrogen (secondary N) is 3. The fraction of sp³-hybridized carbons (Fsp3) is 0.118. The Balaban J connectivity index is 1.83. The number of aromatic amines is 1. The Morgan fingerprint density at radius 1 is 1.00 bits per heavy atom. The van der Waals surface area contributed by atoms with E-state index < -0.39 is 40.4 Å². The Morgan fingerprint density at radius 2 is 1.62 bits per heavy atom. The lowest BCUT2D eigenvalue weighted by atomic mass is 10.1. The largest absolute Gasteiger partial charge is 0.431 e. The number of amides is 2. The number of halogens is 3. The third-order valence-electron chi connectivity index (χ3n) is 3.92. The summed E-state index contributed by atoms with van der Waals surface area (Å²) in [7, 11) is 1.34. The van der Waals surface area contributed by atoms with Gasteiger partial charge in [0.1, 0.15) is 11.3 Å². The highest BCUT2D eigenvalue weighted by atomic mass is 19.4. The number of carbonyl (C=O) groups is 2. The number of carbonyl (C=O) groups excluding carboxylic acids is 2. The van der Waals surface area contributed by atoms with Crippen LogP contribution in [0.4, 0.5) is 13.2 Å². The number of aromatic nitrogens is 3. The predicted molar refractivity (Wildman–Crippen MR) is 94.0 cm³/mol. The number of rotatable bonds is 2. The molecule has 0 bridgehead atoms. The maximum absolute atomic E-state index is 12.6. The van der Waals surface area contributed by atoms with Crippen molar-refractivity contribution in [2.24, 2.45) is 7.05 Å². The van der Waals surface area contributed by atoms with Crippen molar-refractivity contribution in [3.05, 3.63) is 74.1 Å². The molecule has 2 amide bonds. The molecule has 0 aliphatic rings. The molecule has 0 unspecified atom stereocenters. The van der Waals surface area contributed by atoms with Crippen LogP contribution >= 0.6 is 0 Å². The van der Waals surface area contributed by atoms with Gasteiger partial charge < -0.3 is 4.98 Å². The molecule has 1 aromatic carbocycles. The Morgan fingerprint density at radius 3 is 2.24 bits per heavy atom. The zero-order valence-corrected chi connectivity index (χ0v) is 14.6. The molecule has 0 radical (unpaired) electrons. The smallest absolute Gasteiger partial charge is 0.318 e. The second-order valence-electron chi connectivity index (χ2n) is 5.84. The lowest BCUT2D eigenvalue weighted by molar-refractivity contribution is -0.141. The molecule has 3 aromatic rings. The average molecular weight is 407 g/mol. The average Bonchev–Trinajstić information content (AvgIpc) is 2.67. The molecular formula is C17H12F3N5O4. The van der Waals surface area contributed by atoms with Crippen molar-refractivity contribution in [1.29, 1.82) is 0 Å². The monoisotopic (exact) mass is 407 g/mol. The maximum atomic E-state index is 12.6. The molecule has 3 rings (SSSR count). The molecule has 0 atom stereocenters. The summed E-state index contributed by atoms with van der Waals surface area (Å²) >= 11 is 0. The molecule has 0 fully saturated rings. The summed E-state index contributed by atoms with van der Waals surface area (Å²) in [5, 5.41) is 4.31. The number of nitrogens with zero attached hydrogens (tertiary/aromatic N) is 2. The van der Waals surface area contributed by atoms with Crippen molar-refractivity contribution in [2.45, 2.75) is 6.18 Å². The minimum absolute atomic E-state index is 0.177. The lowest BCUT2D eigenvalue weighted by Gasteiger charge is -2.10. The molecule has 0 spiro atoms. The number of hydrogen-bond acceptors (Lipinski definition) is 5. The predicted octanol–water partition coefficient (Wildman–Crippen LogP) is 0.715. The molecule has 12 heteroatoms. The van der Waals surface area contributed by atoms with Crippen LogP contribution in [0.15, 0.2) is 46.0 Å². The topological polar surface area (TPSA) is 126 Å². The number of H-pyrrole nitrogens is 1. The number of hydrazine groups is 1. The number of pyridine rings is 1. The van der Waals surface area contributed by atoms with Crippen LogP contribution in [0.2, 0.25) is 0 Å². The Hall–Kier alpha value is -3.96. The van der Waals surface area contributed by atoms with Gasteiger partial charge in [0.15, 0.2) is 5.69 Å². The Bertz CT molecular complexity index is 1250. The third-order valence-corrected chi connectivity index (χ3v) is 3.92. The second-order valence-corrected chi connectivity index (χ2v) is 5.84. The summed E-state index contributed by atoms with van der Waals surface area (Å²) in [5.74, 6) is -2.03. The Kier molecular flexibility index (Phi) is 4.93. The van der Waals surface area contributed by atoms with E-state index in [-0.39, 0.29) is 16.5 Å². The van der Waals surface area contributed by atoms with Crippen molar-refractivity contribution in [3.8, 4) is 0 Å². The SMILES string of the molecule is Cn1nc(C(=O)NNC(=O)c2ccc(C(F)(F)F)[nH]c2=O)c2ccccc2c1=O. The van der Waals surface area contributed by atoms with Crippen LogP contribution < -0.4 is 22.0 Å². The molecule has 0 aliphatic heterocycles. The first-order valence-corrected chi connectivity index (χ1v) is 7.97. The minimum atomic E-state index is -4.78. The molecule has 29 heavy (non-hydrogen) atoms. The van der Waals surface area contributed by atoms with Crippen LogP contribution in [0.25, 0.3) is 10.8 Å². The van der Waals surface area contributed by atoms with Crippen LogP contribution in [0.3, 0.4) is 0 Å². The minimum Gasteiger partial charge on any atom is -0.318 e. The summed E-state index contributed by atoms with van der Waals surface area (Å²) < 4.78 is 38.7. The first-order chi connectivity index (χ1) is 13.6. The number of aryl methyl sites for hydroxylation is 1. The summed E-state index contributed by atoms with van der Waals surface area (Å²) in [4.78, 5) is 49.8. The van der Waals surface area contributed by atoms with Gasteiger partial charge in [0.2, 0.25) is 0 Å². The number of benzene rings is 1. The van der Waals surface area contributed by atoms with Crippen molar-refractivity contribution >= 4 is 22.6 Å². The van der Waals surface area contributed by atoms with E-state index in [0.29, 0.717) is 12.1 Å². The van der Waals surface area contributed by atoms with E-state index in [2.05, 4.69) is 5.10 Å². The molecule has 2 heterocycles. The highest BCUT2D eigenvalue weighted by molar-refractivity contribution is 6.05. The molecule has 0 saturated heterocycles. The normalized spacial score (nSPS) is 11.3. The number of hydrogen-bond donors (Lipinski definition) is 3. The van der Waals surface area contributed by atoms with Gasteiger partial charge >= 0.3 is 6.18 Å². The lowest BCUT2D eigenvalue weighted by Crippen LogP contribution is -2.44.